The zero-order valence-corrected chi connectivity index (χ0v) is 11.9. The summed E-state index contributed by atoms with van der Waals surface area (Å²) in [6.45, 7) is 6.47. The number of nitrogens with zero attached hydrogens (tertiary/aromatic N) is 3. The van der Waals surface area contributed by atoms with Crippen molar-refractivity contribution < 1.29 is 5.11 Å². The van der Waals surface area contributed by atoms with E-state index in [0.29, 0.717) is 17.9 Å². The van der Waals surface area contributed by atoms with Crippen LogP contribution in [0.3, 0.4) is 0 Å². The largest absolute Gasteiger partial charge is 0.508 e. The molecule has 0 radical (unpaired) electrons. The average Bonchev–Trinajstić information content (AvgIpc) is 2.39. The van der Waals surface area contributed by atoms with Crippen LogP contribution in [-0.2, 0) is 0 Å². The number of phenolic OH excluding ortho intramolecular Hbond substituents is 1. The van der Waals surface area contributed by atoms with Crippen LogP contribution in [0.15, 0.2) is 30.3 Å². The van der Waals surface area contributed by atoms with E-state index in [1.54, 1.807) is 18.2 Å². The Kier molecular flexibility index (Phi) is 3.90. The van der Waals surface area contributed by atoms with Crippen LogP contribution in [0.25, 0.3) is 0 Å². The summed E-state index contributed by atoms with van der Waals surface area (Å²) < 4.78 is 0. The molecule has 2 rings (SSSR count). The molecule has 0 aliphatic carbocycles. The predicted octanol–water partition coefficient (Wildman–Crippen LogP) is 3.43. The van der Waals surface area contributed by atoms with E-state index in [2.05, 4.69) is 11.1 Å². The summed E-state index contributed by atoms with van der Waals surface area (Å²) in [7, 11) is 0. The van der Waals surface area contributed by atoms with Crippen LogP contribution in [0, 0.1) is 25.2 Å². The van der Waals surface area contributed by atoms with Gasteiger partial charge in [0.2, 0.25) is 0 Å². The number of aromatic nitrogens is 1. The minimum absolute atomic E-state index is 0.198. The summed E-state index contributed by atoms with van der Waals surface area (Å²) >= 11 is 0. The Morgan fingerprint density at radius 2 is 2.05 bits per heavy atom. The molecule has 0 unspecified atom stereocenters. The molecule has 0 saturated carbocycles. The van der Waals surface area contributed by atoms with Gasteiger partial charge < -0.3 is 10.0 Å². The summed E-state index contributed by atoms with van der Waals surface area (Å²) in [5, 5.41) is 19.0. The molecule has 0 aliphatic rings. The Hall–Kier alpha value is -2.54. The number of pyridine rings is 1. The third kappa shape index (κ3) is 2.57. The number of phenols is 1. The van der Waals surface area contributed by atoms with E-state index in [0.717, 1.165) is 16.9 Å². The maximum Gasteiger partial charge on any atom is 0.151 e. The highest BCUT2D eigenvalue weighted by molar-refractivity contribution is 5.68. The summed E-state index contributed by atoms with van der Waals surface area (Å²) in [4.78, 5) is 6.43. The zero-order chi connectivity index (χ0) is 14.7. The Morgan fingerprint density at radius 1 is 1.30 bits per heavy atom. The molecule has 0 spiro atoms. The van der Waals surface area contributed by atoms with E-state index in [9.17, 15) is 10.4 Å². The number of aromatic hydroxyl groups is 1. The van der Waals surface area contributed by atoms with Gasteiger partial charge in [-0.15, -0.1) is 0 Å². The molecule has 0 aliphatic heterocycles. The van der Waals surface area contributed by atoms with Crippen LogP contribution < -0.4 is 4.90 Å². The second-order valence-corrected chi connectivity index (χ2v) is 4.66. The molecule has 102 valence electrons. The molecule has 20 heavy (non-hydrogen) atoms. The fourth-order valence-electron chi connectivity index (χ4n) is 2.27. The molecule has 4 heteroatoms. The highest BCUT2D eigenvalue weighted by atomic mass is 16.3. The lowest BCUT2D eigenvalue weighted by Gasteiger charge is -2.24. The molecule has 2 aromatic rings. The number of benzene rings is 1. The van der Waals surface area contributed by atoms with Crippen molar-refractivity contribution in [3.63, 3.8) is 0 Å². The first-order valence-electron chi connectivity index (χ1n) is 6.51. The molecule has 0 saturated heterocycles. The highest BCUT2D eigenvalue weighted by Gasteiger charge is 2.16. The van der Waals surface area contributed by atoms with Crippen molar-refractivity contribution >= 4 is 11.5 Å². The lowest BCUT2D eigenvalue weighted by molar-refractivity contribution is 0.475. The normalized spacial score (nSPS) is 10.1. The second-order valence-electron chi connectivity index (χ2n) is 4.66. The van der Waals surface area contributed by atoms with Crippen molar-refractivity contribution in [3.8, 4) is 11.8 Å². The summed E-state index contributed by atoms with van der Waals surface area (Å²) in [5.74, 6) is 0.835. The van der Waals surface area contributed by atoms with Gasteiger partial charge >= 0.3 is 0 Å². The van der Waals surface area contributed by atoms with E-state index in [1.165, 1.54) is 0 Å². The first kappa shape index (κ1) is 13.9. The Balaban J connectivity index is 2.61. The van der Waals surface area contributed by atoms with Gasteiger partial charge in [0.15, 0.2) is 5.82 Å². The molecule has 0 fully saturated rings. The lowest BCUT2D eigenvalue weighted by atomic mass is 10.1. The topological polar surface area (TPSA) is 60.1 Å². The van der Waals surface area contributed by atoms with Crippen LogP contribution in [0.5, 0.6) is 5.75 Å². The zero-order valence-electron chi connectivity index (χ0n) is 11.9. The van der Waals surface area contributed by atoms with Crippen LogP contribution >= 0.6 is 0 Å². The second kappa shape index (κ2) is 5.62. The first-order valence-corrected chi connectivity index (χ1v) is 6.51. The number of nitriles is 1. The van der Waals surface area contributed by atoms with Crippen molar-refractivity contribution in [1.29, 1.82) is 5.26 Å². The van der Waals surface area contributed by atoms with Crippen molar-refractivity contribution in [3.05, 3.63) is 47.2 Å². The van der Waals surface area contributed by atoms with E-state index < -0.39 is 0 Å². The van der Waals surface area contributed by atoms with Gasteiger partial charge in [0.25, 0.3) is 0 Å². The molecule has 1 heterocycles. The maximum atomic E-state index is 9.63. The van der Waals surface area contributed by atoms with E-state index in [1.807, 2.05) is 37.8 Å². The quantitative estimate of drug-likeness (QED) is 0.925. The van der Waals surface area contributed by atoms with Crippen molar-refractivity contribution in [1.82, 2.24) is 4.98 Å². The molecule has 0 bridgehead atoms. The highest BCUT2D eigenvalue weighted by Crippen LogP contribution is 2.30. The van der Waals surface area contributed by atoms with Gasteiger partial charge in [-0.05, 0) is 44.5 Å². The van der Waals surface area contributed by atoms with E-state index in [-0.39, 0.29) is 5.75 Å². The third-order valence-corrected chi connectivity index (χ3v) is 3.15. The minimum Gasteiger partial charge on any atom is -0.508 e. The molecular formula is C16H17N3O. The minimum atomic E-state index is 0.198. The van der Waals surface area contributed by atoms with Crippen LogP contribution in [0.4, 0.5) is 11.5 Å². The smallest absolute Gasteiger partial charge is 0.151 e. The van der Waals surface area contributed by atoms with Gasteiger partial charge in [0.1, 0.15) is 11.8 Å². The van der Waals surface area contributed by atoms with Gasteiger partial charge in [-0.1, -0.05) is 6.07 Å². The molecular weight excluding hydrogens is 250 g/mol. The Morgan fingerprint density at radius 3 is 2.65 bits per heavy atom. The summed E-state index contributed by atoms with van der Waals surface area (Å²) in [6, 6.07) is 11.1. The van der Waals surface area contributed by atoms with Crippen molar-refractivity contribution in [2.45, 2.75) is 20.8 Å². The molecule has 0 amide bonds. The van der Waals surface area contributed by atoms with Gasteiger partial charge in [-0.2, -0.15) is 5.26 Å². The van der Waals surface area contributed by atoms with Gasteiger partial charge in [-0.25, -0.2) is 4.98 Å². The van der Waals surface area contributed by atoms with E-state index in [4.69, 9.17) is 0 Å². The number of hydrogen-bond acceptors (Lipinski definition) is 4. The molecule has 1 aromatic heterocycles. The number of rotatable bonds is 3. The summed E-state index contributed by atoms with van der Waals surface area (Å²) in [6.07, 6.45) is 0. The fraction of sp³-hybridized carbons (Fsp3) is 0.250. The average molecular weight is 267 g/mol. The number of aryl methyl sites for hydroxylation is 2. The SMILES string of the molecule is CCN(c1cccc(O)c1)c1nc(C)cc(C)c1C#N. The van der Waals surface area contributed by atoms with E-state index >= 15 is 0 Å². The van der Waals surface area contributed by atoms with Crippen molar-refractivity contribution in [2.75, 3.05) is 11.4 Å². The lowest BCUT2D eigenvalue weighted by Crippen LogP contribution is -2.19. The number of anilines is 2. The predicted molar refractivity (Wildman–Crippen MR) is 79.2 cm³/mol. The first-order chi connectivity index (χ1) is 9.56. The molecule has 1 aromatic carbocycles. The summed E-state index contributed by atoms with van der Waals surface area (Å²) in [5.41, 5.74) is 3.17. The molecule has 1 N–H and O–H groups in total. The van der Waals surface area contributed by atoms with Gasteiger partial charge in [-0.3, -0.25) is 0 Å². The van der Waals surface area contributed by atoms with Gasteiger partial charge in [0, 0.05) is 24.0 Å². The molecule has 4 nitrogen and oxygen atoms in total. The number of hydrogen-bond donors (Lipinski definition) is 1. The van der Waals surface area contributed by atoms with Crippen molar-refractivity contribution in [2.24, 2.45) is 0 Å². The maximum absolute atomic E-state index is 9.63. The van der Waals surface area contributed by atoms with Crippen LogP contribution in [0.1, 0.15) is 23.7 Å². The van der Waals surface area contributed by atoms with Crippen LogP contribution in [0.2, 0.25) is 0 Å². The third-order valence-electron chi connectivity index (χ3n) is 3.15. The van der Waals surface area contributed by atoms with Crippen LogP contribution in [-0.4, -0.2) is 16.6 Å². The van der Waals surface area contributed by atoms with Gasteiger partial charge in [0.05, 0.1) is 5.56 Å². The standard InChI is InChI=1S/C16H17N3O/c1-4-19(13-6-5-7-14(20)9-13)16-15(10-17)11(2)8-12(3)18-16/h5-9,20H,4H2,1-3H3. The Bertz CT molecular complexity index is 674. The Labute approximate surface area is 118 Å². The monoisotopic (exact) mass is 267 g/mol. The fourth-order valence-corrected chi connectivity index (χ4v) is 2.27. The molecule has 0 atom stereocenters.